The Labute approximate surface area is 86.7 Å². The summed E-state index contributed by atoms with van der Waals surface area (Å²) >= 11 is 0. The van der Waals surface area contributed by atoms with E-state index < -0.39 is 0 Å². The van der Waals surface area contributed by atoms with Gasteiger partial charge in [0, 0.05) is 18.0 Å². The van der Waals surface area contributed by atoms with Crippen molar-refractivity contribution in [1.29, 1.82) is 0 Å². The molecule has 0 atom stereocenters. The second kappa shape index (κ2) is 3.25. The minimum Gasteiger partial charge on any atom is -0.339 e. The Morgan fingerprint density at radius 1 is 1.21 bits per heavy atom. The molecule has 2 fully saturated rings. The predicted molar refractivity (Wildman–Crippen MR) is 56.9 cm³/mol. The van der Waals surface area contributed by atoms with Gasteiger partial charge >= 0.3 is 0 Å². The summed E-state index contributed by atoms with van der Waals surface area (Å²) in [5, 5.41) is 0. The van der Waals surface area contributed by atoms with Crippen LogP contribution in [-0.2, 0) is 4.79 Å². The van der Waals surface area contributed by atoms with Crippen molar-refractivity contribution in [3.63, 3.8) is 0 Å². The number of hydrogen-bond donors (Lipinski definition) is 0. The van der Waals surface area contributed by atoms with E-state index in [1.807, 2.05) is 20.8 Å². The molecule has 2 heteroatoms. The van der Waals surface area contributed by atoms with Gasteiger partial charge in [0.25, 0.3) is 0 Å². The lowest BCUT2D eigenvalue weighted by Gasteiger charge is -2.29. The standard InChI is InChI=1S/C12H21NO/c1-12(2,3)11(14)13(10-6-7-10)8-9-4-5-9/h9-10H,4-8H2,1-3H3. The third-order valence-corrected chi connectivity index (χ3v) is 3.04. The molecule has 0 aromatic heterocycles. The molecule has 2 aliphatic carbocycles. The number of nitrogens with zero attached hydrogens (tertiary/aromatic N) is 1. The highest BCUT2D eigenvalue weighted by atomic mass is 16.2. The number of hydrogen-bond acceptors (Lipinski definition) is 1. The van der Waals surface area contributed by atoms with Gasteiger partial charge in [0.1, 0.15) is 0 Å². The minimum atomic E-state index is -0.197. The van der Waals surface area contributed by atoms with Crippen LogP contribution in [0.5, 0.6) is 0 Å². The average Bonchev–Trinajstić information content (AvgIpc) is 2.89. The molecule has 0 spiro atoms. The molecule has 2 aliphatic rings. The minimum absolute atomic E-state index is 0.197. The van der Waals surface area contributed by atoms with Crippen molar-refractivity contribution in [3.05, 3.63) is 0 Å². The van der Waals surface area contributed by atoms with Crippen LogP contribution in [0.15, 0.2) is 0 Å². The Kier molecular flexibility index (Phi) is 2.32. The van der Waals surface area contributed by atoms with Crippen molar-refractivity contribution >= 4 is 5.91 Å². The molecule has 0 heterocycles. The maximum absolute atomic E-state index is 12.1. The van der Waals surface area contributed by atoms with E-state index in [4.69, 9.17) is 0 Å². The van der Waals surface area contributed by atoms with Gasteiger partial charge in [-0.1, -0.05) is 20.8 Å². The second-order valence-electron chi connectivity index (χ2n) is 5.88. The zero-order valence-electron chi connectivity index (χ0n) is 9.55. The molecule has 2 nitrogen and oxygen atoms in total. The first kappa shape index (κ1) is 10.0. The summed E-state index contributed by atoms with van der Waals surface area (Å²) in [4.78, 5) is 14.3. The Hall–Kier alpha value is -0.530. The monoisotopic (exact) mass is 195 g/mol. The Balaban J connectivity index is 1.97. The normalized spacial score (nSPS) is 22.2. The van der Waals surface area contributed by atoms with Gasteiger partial charge in [-0.05, 0) is 31.6 Å². The van der Waals surface area contributed by atoms with Gasteiger partial charge in [-0.15, -0.1) is 0 Å². The molecule has 0 radical (unpaired) electrons. The fourth-order valence-electron chi connectivity index (χ4n) is 1.79. The first-order valence-electron chi connectivity index (χ1n) is 5.79. The topological polar surface area (TPSA) is 20.3 Å². The lowest BCUT2D eigenvalue weighted by molar-refractivity contribution is -0.140. The van der Waals surface area contributed by atoms with Gasteiger partial charge in [-0.25, -0.2) is 0 Å². The summed E-state index contributed by atoms with van der Waals surface area (Å²) in [6.45, 7) is 7.10. The molecule has 14 heavy (non-hydrogen) atoms. The summed E-state index contributed by atoms with van der Waals surface area (Å²) < 4.78 is 0. The molecule has 1 amide bonds. The van der Waals surface area contributed by atoms with Crippen molar-refractivity contribution < 1.29 is 4.79 Å². The molecular formula is C12H21NO. The molecule has 2 saturated carbocycles. The summed E-state index contributed by atoms with van der Waals surface area (Å²) in [6.07, 6.45) is 5.13. The SMILES string of the molecule is CC(C)(C)C(=O)N(CC1CC1)C1CC1. The van der Waals surface area contributed by atoms with Crippen molar-refractivity contribution in [2.24, 2.45) is 11.3 Å². The van der Waals surface area contributed by atoms with Crippen molar-refractivity contribution in [2.75, 3.05) is 6.54 Å². The summed E-state index contributed by atoms with van der Waals surface area (Å²) in [7, 11) is 0. The summed E-state index contributed by atoms with van der Waals surface area (Å²) in [6, 6.07) is 0.585. The molecule has 80 valence electrons. The smallest absolute Gasteiger partial charge is 0.228 e. The molecule has 0 aromatic carbocycles. The summed E-state index contributed by atoms with van der Waals surface area (Å²) in [5.74, 6) is 1.17. The van der Waals surface area contributed by atoms with E-state index in [1.165, 1.54) is 25.7 Å². The number of carbonyl (C=O) groups is 1. The molecule has 2 rings (SSSR count). The fraction of sp³-hybridized carbons (Fsp3) is 0.917. The van der Waals surface area contributed by atoms with E-state index in [2.05, 4.69) is 4.90 Å². The predicted octanol–water partition coefficient (Wildman–Crippen LogP) is 2.43. The quantitative estimate of drug-likeness (QED) is 0.677. The highest BCUT2D eigenvalue weighted by Gasteiger charge is 2.39. The summed E-state index contributed by atoms with van der Waals surface area (Å²) in [5.41, 5.74) is -0.197. The zero-order valence-corrected chi connectivity index (χ0v) is 9.55. The van der Waals surface area contributed by atoms with E-state index in [0.29, 0.717) is 11.9 Å². The van der Waals surface area contributed by atoms with Crippen LogP contribution in [0, 0.1) is 11.3 Å². The maximum Gasteiger partial charge on any atom is 0.228 e. The van der Waals surface area contributed by atoms with E-state index >= 15 is 0 Å². The Morgan fingerprint density at radius 2 is 1.79 bits per heavy atom. The van der Waals surface area contributed by atoms with Crippen LogP contribution in [-0.4, -0.2) is 23.4 Å². The largest absolute Gasteiger partial charge is 0.339 e. The van der Waals surface area contributed by atoms with Gasteiger partial charge in [0.05, 0.1) is 0 Å². The first-order valence-corrected chi connectivity index (χ1v) is 5.79. The average molecular weight is 195 g/mol. The van der Waals surface area contributed by atoms with Gasteiger partial charge in [-0.3, -0.25) is 4.79 Å². The Morgan fingerprint density at radius 3 is 2.14 bits per heavy atom. The first-order chi connectivity index (χ1) is 6.48. The van der Waals surface area contributed by atoms with E-state index in [-0.39, 0.29) is 5.41 Å². The lowest BCUT2D eigenvalue weighted by Crippen LogP contribution is -2.42. The van der Waals surface area contributed by atoms with E-state index in [1.54, 1.807) is 0 Å². The molecule has 0 bridgehead atoms. The van der Waals surface area contributed by atoms with E-state index in [0.717, 1.165) is 12.5 Å². The third-order valence-electron chi connectivity index (χ3n) is 3.04. The van der Waals surface area contributed by atoms with Crippen LogP contribution in [0.1, 0.15) is 46.5 Å². The molecule has 0 N–H and O–H groups in total. The van der Waals surface area contributed by atoms with Crippen LogP contribution >= 0.6 is 0 Å². The lowest BCUT2D eigenvalue weighted by atomic mass is 9.94. The van der Waals surface area contributed by atoms with Crippen LogP contribution < -0.4 is 0 Å². The molecule has 0 aromatic rings. The highest BCUT2D eigenvalue weighted by Crippen LogP contribution is 2.36. The van der Waals surface area contributed by atoms with Gasteiger partial charge in [0.2, 0.25) is 5.91 Å². The van der Waals surface area contributed by atoms with Gasteiger partial charge in [-0.2, -0.15) is 0 Å². The third kappa shape index (κ3) is 2.28. The van der Waals surface area contributed by atoms with Gasteiger partial charge < -0.3 is 4.90 Å². The van der Waals surface area contributed by atoms with Crippen LogP contribution in [0.2, 0.25) is 0 Å². The molecule has 0 saturated heterocycles. The Bertz CT molecular complexity index is 233. The van der Waals surface area contributed by atoms with Gasteiger partial charge in [0.15, 0.2) is 0 Å². The van der Waals surface area contributed by atoms with Crippen molar-refractivity contribution in [1.82, 2.24) is 4.90 Å². The second-order valence-corrected chi connectivity index (χ2v) is 5.88. The van der Waals surface area contributed by atoms with Crippen molar-refractivity contribution in [3.8, 4) is 0 Å². The number of amides is 1. The number of rotatable bonds is 3. The molecular weight excluding hydrogens is 174 g/mol. The molecule has 0 unspecified atom stereocenters. The molecule has 0 aliphatic heterocycles. The number of carbonyl (C=O) groups excluding carboxylic acids is 1. The van der Waals surface area contributed by atoms with Crippen LogP contribution in [0.3, 0.4) is 0 Å². The van der Waals surface area contributed by atoms with Crippen molar-refractivity contribution in [2.45, 2.75) is 52.5 Å². The highest BCUT2D eigenvalue weighted by molar-refractivity contribution is 5.82. The zero-order chi connectivity index (χ0) is 10.3. The maximum atomic E-state index is 12.1. The fourth-order valence-corrected chi connectivity index (χ4v) is 1.79. The van der Waals surface area contributed by atoms with Crippen LogP contribution in [0.25, 0.3) is 0 Å². The van der Waals surface area contributed by atoms with E-state index in [9.17, 15) is 4.79 Å². The van der Waals surface area contributed by atoms with Crippen LogP contribution in [0.4, 0.5) is 0 Å².